The van der Waals surface area contributed by atoms with Gasteiger partial charge in [-0.05, 0) is 82.9 Å². The van der Waals surface area contributed by atoms with Crippen LogP contribution in [0.3, 0.4) is 0 Å². The van der Waals surface area contributed by atoms with Crippen molar-refractivity contribution in [2.24, 2.45) is 0 Å². The van der Waals surface area contributed by atoms with Gasteiger partial charge in [-0.1, -0.05) is 60.7 Å². The molecule has 190 valence electrons. The van der Waals surface area contributed by atoms with Crippen molar-refractivity contribution >= 4 is 0 Å². The number of benzene rings is 5. The smallest absolute Gasteiger partial charge is 0.164 e. The predicted molar refractivity (Wildman–Crippen MR) is 152 cm³/mol. The van der Waals surface area contributed by atoms with Gasteiger partial charge < -0.3 is 0 Å². The van der Waals surface area contributed by atoms with E-state index in [0.29, 0.717) is 34.2 Å². The third kappa shape index (κ3) is 5.22. The zero-order chi connectivity index (χ0) is 27.5. The molecular weight excluding hydrogens is 502 g/mol. The second-order valence-electron chi connectivity index (χ2n) is 9.16. The van der Waals surface area contributed by atoms with Gasteiger partial charge in [0.15, 0.2) is 17.5 Å². The molecule has 0 saturated heterocycles. The molecule has 0 spiro atoms. The summed E-state index contributed by atoms with van der Waals surface area (Å²) in [4.78, 5) is 13.9. The van der Waals surface area contributed by atoms with Gasteiger partial charge in [0.05, 0.1) is 11.6 Å². The molecule has 0 aliphatic rings. The summed E-state index contributed by atoms with van der Waals surface area (Å²) in [6.45, 7) is 0. The number of hydrogen-bond donors (Lipinski definition) is 0. The van der Waals surface area contributed by atoms with Crippen LogP contribution in [0.2, 0.25) is 0 Å². The highest BCUT2D eigenvalue weighted by atomic mass is 19.1. The molecule has 0 aliphatic carbocycles. The molecule has 4 nitrogen and oxygen atoms in total. The maximum atomic E-state index is 13.5. The molecule has 0 N–H and O–H groups in total. The summed E-state index contributed by atoms with van der Waals surface area (Å²) in [5.74, 6) is 0.546. The molecule has 0 aliphatic heterocycles. The van der Waals surface area contributed by atoms with Gasteiger partial charge in [0.1, 0.15) is 11.6 Å². The van der Waals surface area contributed by atoms with Crippen LogP contribution in [-0.2, 0) is 0 Å². The average molecular weight is 523 g/mol. The number of rotatable bonds is 5. The van der Waals surface area contributed by atoms with Crippen molar-refractivity contribution in [2.75, 3.05) is 0 Å². The van der Waals surface area contributed by atoms with Gasteiger partial charge in [0.2, 0.25) is 0 Å². The Morgan fingerprint density at radius 1 is 0.375 bits per heavy atom. The summed E-state index contributed by atoms with van der Waals surface area (Å²) in [5, 5.41) is 9.02. The van der Waals surface area contributed by atoms with E-state index < -0.39 is 0 Å². The van der Waals surface area contributed by atoms with E-state index in [0.717, 1.165) is 27.8 Å². The third-order valence-corrected chi connectivity index (χ3v) is 6.55. The summed E-state index contributed by atoms with van der Waals surface area (Å²) in [6.07, 6.45) is 0. The lowest BCUT2D eigenvalue weighted by molar-refractivity contribution is 0.627. The summed E-state index contributed by atoms with van der Waals surface area (Å²) in [6, 6.07) is 37.7. The Bertz CT molecular complexity index is 1760. The van der Waals surface area contributed by atoms with Crippen LogP contribution in [0, 0.1) is 23.0 Å². The van der Waals surface area contributed by atoms with Gasteiger partial charge in [-0.2, -0.15) is 5.26 Å². The van der Waals surface area contributed by atoms with Gasteiger partial charge in [-0.3, -0.25) is 0 Å². The maximum Gasteiger partial charge on any atom is 0.164 e. The van der Waals surface area contributed by atoms with Crippen molar-refractivity contribution in [3.8, 4) is 62.5 Å². The quantitative estimate of drug-likeness (QED) is 0.228. The number of nitrogens with zero attached hydrogens (tertiary/aromatic N) is 4. The van der Waals surface area contributed by atoms with Crippen LogP contribution < -0.4 is 0 Å². The highest BCUT2D eigenvalue weighted by Crippen LogP contribution is 2.29. The normalized spacial score (nSPS) is 10.7. The maximum absolute atomic E-state index is 13.5. The minimum absolute atomic E-state index is 0.350. The SMILES string of the molecule is N#Cc1ccc(-c2ccc(-c3ccc(-c4nc(-c5ccc(F)cc5)nc(-c5ccc(F)cc5)n4)cc3)cc2)cc1. The Hall–Kier alpha value is -5.54. The molecular formula is C34H20F2N4. The van der Waals surface area contributed by atoms with E-state index >= 15 is 0 Å². The largest absolute Gasteiger partial charge is 0.208 e. The highest BCUT2D eigenvalue weighted by Gasteiger charge is 2.13. The van der Waals surface area contributed by atoms with E-state index in [1.807, 2.05) is 48.5 Å². The molecule has 6 heteroatoms. The van der Waals surface area contributed by atoms with Crippen molar-refractivity contribution in [1.29, 1.82) is 5.26 Å². The predicted octanol–water partition coefficient (Wildman–Crippen LogP) is 8.36. The van der Waals surface area contributed by atoms with Gasteiger partial charge >= 0.3 is 0 Å². The van der Waals surface area contributed by atoms with Gasteiger partial charge in [-0.15, -0.1) is 0 Å². The molecule has 0 saturated carbocycles. The second-order valence-corrected chi connectivity index (χ2v) is 9.16. The molecule has 0 bridgehead atoms. The number of aromatic nitrogens is 3. The van der Waals surface area contributed by atoms with Crippen LogP contribution in [0.4, 0.5) is 8.78 Å². The Morgan fingerprint density at radius 2 is 0.625 bits per heavy atom. The zero-order valence-electron chi connectivity index (χ0n) is 21.1. The van der Waals surface area contributed by atoms with Crippen LogP contribution in [0.1, 0.15) is 5.56 Å². The first-order valence-electron chi connectivity index (χ1n) is 12.6. The molecule has 40 heavy (non-hydrogen) atoms. The molecule has 1 aromatic heterocycles. The molecule has 1 heterocycles. The summed E-state index contributed by atoms with van der Waals surface area (Å²) in [5.41, 5.74) is 6.90. The van der Waals surface area contributed by atoms with Crippen LogP contribution in [-0.4, -0.2) is 15.0 Å². The molecule has 0 fully saturated rings. The standard InChI is InChI=1S/C34H20F2N4/c35-30-17-13-28(14-18-30)33-38-32(39-34(40-33)29-15-19-31(36)20-16-29)27-11-9-26(10-12-27)25-7-5-24(6-8-25)23-3-1-22(21-37)2-4-23/h1-20H. The molecule has 0 amide bonds. The molecule has 6 aromatic rings. The minimum Gasteiger partial charge on any atom is -0.208 e. The summed E-state index contributed by atoms with van der Waals surface area (Å²) in [7, 11) is 0. The van der Waals surface area contributed by atoms with Gasteiger partial charge in [-0.25, -0.2) is 23.7 Å². The molecule has 6 rings (SSSR count). The fraction of sp³-hybridized carbons (Fsp3) is 0. The lowest BCUT2D eigenvalue weighted by atomic mass is 9.99. The Morgan fingerprint density at radius 3 is 0.925 bits per heavy atom. The van der Waals surface area contributed by atoms with Crippen LogP contribution >= 0.6 is 0 Å². The van der Waals surface area contributed by atoms with Crippen molar-refractivity contribution < 1.29 is 8.78 Å². The second kappa shape index (κ2) is 10.7. The monoisotopic (exact) mass is 522 g/mol. The lowest BCUT2D eigenvalue weighted by Gasteiger charge is -2.09. The van der Waals surface area contributed by atoms with E-state index in [9.17, 15) is 8.78 Å². The van der Waals surface area contributed by atoms with Crippen molar-refractivity contribution in [2.45, 2.75) is 0 Å². The fourth-order valence-electron chi connectivity index (χ4n) is 4.37. The first-order valence-corrected chi connectivity index (χ1v) is 12.6. The van der Waals surface area contributed by atoms with E-state index in [4.69, 9.17) is 5.26 Å². The third-order valence-electron chi connectivity index (χ3n) is 6.55. The Kier molecular flexibility index (Phi) is 6.61. The molecule has 0 atom stereocenters. The van der Waals surface area contributed by atoms with Crippen molar-refractivity contribution in [3.05, 3.63) is 139 Å². The van der Waals surface area contributed by atoms with Crippen LogP contribution in [0.5, 0.6) is 0 Å². The van der Waals surface area contributed by atoms with E-state index in [1.165, 1.54) is 24.3 Å². The zero-order valence-corrected chi connectivity index (χ0v) is 21.1. The first kappa shape index (κ1) is 24.8. The fourth-order valence-corrected chi connectivity index (χ4v) is 4.37. The van der Waals surface area contributed by atoms with Crippen LogP contribution in [0.15, 0.2) is 121 Å². The van der Waals surface area contributed by atoms with Gasteiger partial charge in [0.25, 0.3) is 0 Å². The van der Waals surface area contributed by atoms with E-state index in [2.05, 4.69) is 45.3 Å². The molecule has 0 radical (unpaired) electrons. The minimum atomic E-state index is -0.350. The van der Waals surface area contributed by atoms with E-state index in [-0.39, 0.29) is 11.6 Å². The van der Waals surface area contributed by atoms with Crippen LogP contribution in [0.25, 0.3) is 56.4 Å². The van der Waals surface area contributed by atoms with Gasteiger partial charge in [0, 0.05) is 16.7 Å². The topological polar surface area (TPSA) is 62.5 Å². The summed E-state index contributed by atoms with van der Waals surface area (Å²) < 4.78 is 27.1. The van der Waals surface area contributed by atoms with E-state index in [1.54, 1.807) is 24.3 Å². The number of hydrogen-bond acceptors (Lipinski definition) is 4. The Balaban J connectivity index is 1.33. The molecule has 5 aromatic carbocycles. The van der Waals surface area contributed by atoms with Crippen molar-refractivity contribution in [1.82, 2.24) is 15.0 Å². The summed E-state index contributed by atoms with van der Waals surface area (Å²) >= 11 is 0. The highest BCUT2D eigenvalue weighted by molar-refractivity contribution is 5.73. The lowest BCUT2D eigenvalue weighted by Crippen LogP contribution is -2.00. The average Bonchev–Trinajstić information content (AvgIpc) is 3.02. The van der Waals surface area contributed by atoms with Crippen molar-refractivity contribution in [3.63, 3.8) is 0 Å². The number of halogens is 2. The molecule has 0 unspecified atom stereocenters. The Labute approximate surface area is 229 Å². The first-order chi connectivity index (χ1) is 19.6. The number of nitriles is 1.